The maximum atomic E-state index is 11.8. The Morgan fingerprint density at radius 1 is 1.00 bits per heavy atom. The zero-order chi connectivity index (χ0) is 19.5. The van der Waals surface area contributed by atoms with Crippen LogP contribution in [0.2, 0.25) is 0 Å². The fraction of sp³-hybridized carbons (Fsp3) is 0.375. The highest BCUT2D eigenvalue weighted by Crippen LogP contribution is 2.23. The van der Waals surface area contributed by atoms with Gasteiger partial charge in [-0.1, -0.05) is 55.7 Å². The number of hydrogen-bond donors (Lipinski definition) is 0. The zero-order valence-electron chi connectivity index (χ0n) is 16.5. The molecule has 0 radical (unpaired) electrons. The molecule has 0 saturated heterocycles. The molecule has 27 heavy (non-hydrogen) atoms. The number of hydrogen-bond acceptors (Lipinski definition) is 3. The van der Waals surface area contributed by atoms with Gasteiger partial charge >= 0.3 is 5.97 Å². The van der Waals surface area contributed by atoms with E-state index >= 15 is 0 Å². The highest BCUT2D eigenvalue weighted by Gasteiger charge is 2.14. The molecule has 0 saturated carbocycles. The summed E-state index contributed by atoms with van der Waals surface area (Å²) in [7, 11) is 0. The van der Waals surface area contributed by atoms with Gasteiger partial charge < -0.3 is 9.47 Å². The van der Waals surface area contributed by atoms with Crippen LogP contribution in [-0.4, -0.2) is 12.6 Å². The second-order valence-corrected chi connectivity index (χ2v) is 6.38. The second-order valence-electron chi connectivity index (χ2n) is 6.38. The Labute approximate surface area is 162 Å². The molecule has 2 aromatic rings. The predicted molar refractivity (Wildman–Crippen MR) is 109 cm³/mol. The standard InChI is InChI=1S/C24H28O3/c1-4-7-19-9-11-20(12-10-19)18-27-23-15-13-21(14-16-23)22(8-5-2)17-24(25)26-6-3/h9-16,22H,4,6-7,17-18H2,1-3H3/t22-/m0/s1. The van der Waals surface area contributed by atoms with Gasteiger partial charge in [0.05, 0.1) is 18.9 Å². The number of aryl methyl sites for hydroxylation is 1. The van der Waals surface area contributed by atoms with Crippen LogP contribution in [0, 0.1) is 11.8 Å². The van der Waals surface area contributed by atoms with Crippen molar-refractivity contribution in [1.82, 2.24) is 0 Å². The van der Waals surface area contributed by atoms with Crippen molar-refractivity contribution in [2.75, 3.05) is 6.61 Å². The monoisotopic (exact) mass is 364 g/mol. The molecule has 3 nitrogen and oxygen atoms in total. The van der Waals surface area contributed by atoms with E-state index in [0.717, 1.165) is 29.7 Å². The van der Waals surface area contributed by atoms with Gasteiger partial charge in [0, 0.05) is 0 Å². The Hall–Kier alpha value is -2.73. The summed E-state index contributed by atoms with van der Waals surface area (Å²) in [5.74, 6) is 6.41. The number of carbonyl (C=O) groups excluding carboxylic acids is 1. The van der Waals surface area contributed by atoms with Crippen LogP contribution >= 0.6 is 0 Å². The third-order valence-corrected chi connectivity index (χ3v) is 4.24. The molecule has 3 heteroatoms. The predicted octanol–water partition coefficient (Wildman–Crippen LogP) is 5.28. The molecular formula is C24H28O3. The van der Waals surface area contributed by atoms with Gasteiger partial charge in [-0.15, -0.1) is 5.92 Å². The molecule has 1 atom stereocenters. The first kappa shape index (κ1) is 20.6. The Morgan fingerprint density at radius 3 is 2.26 bits per heavy atom. The van der Waals surface area contributed by atoms with Crippen LogP contribution in [0.5, 0.6) is 5.75 Å². The first-order valence-corrected chi connectivity index (χ1v) is 9.54. The van der Waals surface area contributed by atoms with E-state index in [0.29, 0.717) is 13.2 Å². The highest BCUT2D eigenvalue weighted by atomic mass is 16.5. The Balaban J connectivity index is 1.96. The van der Waals surface area contributed by atoms with Crippen molar-refractivity contribution in [3.8, 4) is 17.6 Å². The number of carbonyl (C=O) groups is 1. The molecule has 0 aliphatic heterocycles. The van der Waals surface area contributed by atoms with Crippen molar-refractivity contribution < 1.29 is 14.3 Å². The van der Waals surface area contributed by atoms with E-state index in [-0.39, 0.29) is 18.3 Å². The third kappa shape index (κ3) is 6.83. The molecule has 2 rings (SSSR count). The lowest BCUT2D eigenvalue weighted by Gasteiger charge is -2.12. The maximum Gasteiger partial charge on any atom is 0.307 e. The van der Waals surface area contributed by atoms with Gasteiger partial charge in [0.15, 0.2) is 0 Å². The second kappa shape index (κ2) is 11.1. The molecule has 0 amide bonds. The largest absolute Gasteiger partial charge is 0.489 e. The van der Waals surface area contributed by atoms with Crippen LogP contribution in [0.4, 0.5) is 0 Å². The molecule has 0 N–H and O–H groups in total. The van der Waals surface area contributed by atoms with Crippen molar-refractivity contribution >= 4 is 5.97 Å². The van der Waals surface area contributed by atoms with E-state index in [1.807, 2.05) is 31.2 Å². The highest BCUT2D eigenvalue weighted by molar-refractivity contribution is 5.71. The first-order chi connectivity index (χ1) is 13.2. The smallest absolute Gasteiger partial charge is 0.307 e. The molecule has 0 spiro atoms. The topological polar surface area (TPSA) is 35.5 Å². The van der Waals surface area contributed by atoms with Gasteiger partial charge in [-0.3, -0.25) is 4.79 Å². The number of rotatable bonds is 9. The SMILES string of the molecule is CC#C[C@@H](CC(=O)OCC)c1ccc(OCc2ccc(CCC)cc2)cc1. The van der Waals surface area contributed by atoms with Gasteiger partial charge in [-0.05, 0) is 49.1 Å². The van der Waals surface area contributed by atoms with E-state index in [4.69, 9.17) is 9.47 Å². The minimum Gasteiger partial charge on any atom is -0.489 e. The third-order valence-electron chi connectivity index (χ3n) is 4.24. The lowest BCUT2D eigenvalue weighted by atomic mass is 9.96. The minimum atomic E-state index is -0.225. The summed E-state index contributed by atoms with van der Waals surface area (Å²) in [5, 5.41) is 0. The van der Waals surface area contributed by atoms with Crippen LogP contribution < -0.4 is 4.74 Å². The molecule has 142 valence electrons. The number of benzene rings is 2. The lowest BCUT2D eigenvalue weighted by molar-refractivity contribution is -0.143. The normalized spacial score (nSPS) is 11.2. The van der Waals surface area contributed by atoms with Gasteiger partial charge in [0.1, 0.15) is 12.4 Å². The van der Waals surface area contributed by atoms with Crippen molar-refractivity contribution in [1.29, 1.82) is 0 Å². The average Bonchev–Trinajstić information content (AvgIpc) is 2.68. The fourth-order valence-corrected chi connectivity index (χ4v) is 2.87. The van der Waals surface area contributed by atoms with Crippen LogP contribution in [0.1, 0.15) is 56.2 Å². The van der Waals surface area contributed by atoms with Gasteiger partial charge in [-0.2, -0.15) is 0 Å². The average molecular weight is 364 g/mol. The summed E-state index contributed by atoms with van der Waals surface area (Å²) in [5.41, 5.74) is 3.50. The molecule has 0 aromatic heterocycles. The Morgan fingerprint density at radius 2 is 1.67 bits per heavy atom. The summed E-state index contributed by atoms with van der Waals surface area (Å²) >= 11 is 0. The van der Waals surface area contributed by atoms with E-state index in [1.54, 1.807) is 6.92 Å². The first-order valence-electron chi connectivity index (χ1n) is 9.54. The van der Waals surface area contributed by atoms with Crippen molar-refractivity contribution in [2.45, 2.75) is 52.6 Å². The fourth-order valence-electron chi connectivity index (χ4n) is 2.87. The van der Waals surface area contributed by atoms with Gasteiger partial charge in [0.25, 0.3) is 0 Å². The van der Waals surface area contributed by atoms with E-state index in [9.17, 15) is 4.79 Å². The minimum absolute atomic E-state index is 0.158. The number of esters is 1. The van der Waals surface area contributed by atoms with Crippen LogP contribution in [0.15, 0.2) is 48.5 Å². The van der Waals surface area contributed by atoms with E-state index in [2.05, 4.69) is 43.0 Å². The summed E-state index contributed by atoms with van der Waals surface area (Å²) in [6, 6.07) is 16.3. The summed E-state index contributed by atoms with van der Waals surface area (Å²) in [6.07, 6.45) is 2.52. The van der Waals surface area contributed by atoms with Crippen molar-refractivity contribution in [3.05, 3.63) is 65.2 Å². The molecule has 0 aliphatic carbocycles. The Bertz CT molecular complexity index is 764. The van der Waals surface area contributed by atoms with Crippen LogP contribution in [-0.2, 0) is 22.6 Å². The van der Waals surface area contributed by atoms with Crippen molar-refractivity contribution in [3.63, 3.8) is 0 Å². The summed E-state index contributed by atoms with van der Waals surface area (Å²) in [6.45, 7) is 6.69. The lowest BCUT2D eigenvalue weighted by Crippen LogP contribution is -2.09. The maximum absolute atomic E-state index is 11.8. The molecule has 0 aliphatic rings. The molecule has 0 bridgehead atoms. The van der Waals surface area contributed by atoms with Crippen LogP contribution in [0.25, 0.3) is 0 Å². The zero-order valence-corrected chi connectivity index (χ0v) is 16.5. The molecule has 2 aromatic carbocycles. The van der Waals surface area contributed by atoms with Crippen molar-refractivity contribution in [2.24, 2.45) is 0 Å². The molecule has 0 fully saturated rings. The van der Waals surface area contributed by atoms with E-state index in [1.165, 1.54) is 5.56 Å². The van der Waals surface area contributed by atoms with Gasteiger partial charge in [-0.25, -0.2) is 0 Å². The summed E-state index contributed by atoms with van der Waals surface area (Å²) in [4.78, 5) is 11.8. The van der Waals surface area contributed by atoms with Gasteiger partial charge in [0.2, 0.25) is 0 Å². The quantitative estimate of drug-likeness (QED) is 0.449. The molecular weight excluding hydrogens is 336 g/mol. The van der Waals surface area contributed by atoms with Crippen LogP contribution in [0.3, 0.4) is 0 Å². The molecule has 0 unspecified atom stereocenters. The summed E-state index contributed by atoms with van der Waals surface area (Å²) < 4.78 is 10.9. The Kier molecular flexibility index (Phi) is 8.45. The molecule has 0 heterocycles. The van der Waals surface area contributed by atoms with E-state index < -0.39 is 0 Å². The number of ether oxygens (including phenoxy) is 2.